The molecule has 3 unspecified atom stereocenters. The van der Waals surface area contributed by atoms with Gasteiger partial charge in [-0.05, 0) is 26.2 Å². The average Bonchev–Trinajstić information content (AvgIpc) is 2.37. The molecule has 112 valence electrons. The van der Waals surface area contributed by atoms with Gasteiger partial charge in [-0.3, -0.25) is 4.79 Å². The molecule has 0 aromatic rings. The number of amides is 1. The van der Waals surface area contributed by atoms with Gasteiger partial charge in [0.05, 0.1) is 5.54 Å². The van der Waals surface area contributed by atoms with E-state index in [9.17, 15) is 4.79 Å². The lowest BCUT2D eigenvalue weighted by atomic mass is 9.90. The minimum atomic E-state index is -0.668. The maximum Gasteiger partial charge on any atom is 0.242 e. The predicted octanol–water partition coefficient (Wildman–Crippen LogP) is 2.81. The Labute approximate surface area is 127 Å². The summed E-state index contributed by atoms with van der Waals surface area (Å²) in [4.78, 5) is 14.8. The molecule has 1 saturated carbocycles. The van der Waals surface area contributed by atoms with Crippen LogP contribution in [0.3, 0.4) is 0 Å². The molecule has 5 heteroatoms. The van der Waals surface area contributed by atoms with Crippen molar-refractivity contribution in [3.8, 4) is 0 Å². The summed E-state index contributed by atoms with van der Waals surface area (Å²) in [6.45, 7) is 4.88. The molecule has 1 aliphatic carbocycles. The van der Waals surface area contributed by atoms with Crippen LogP contribution in [-0.4, -0.2) is 39.9 Å². The second kappa shape index (κ2) is 7.19. The summed E-state index contributed by atoms with van der Waals surface area (Å²) >= 11 is 2.06. The zero-order valence-electron chi connectivity index (χ0n) is 12.1. The minimum Gasteiger partial charge on any atom is -0.336 e. The molecule has 19 heavy (non-hydrogen) atoms. The Hall–Kier alpha value is 0.0700. The number of nitrogens with two attached hydrogens (primary N) is 1. The second-order valence-corrected chi connectivity index (χ2v) is 7.27. The molecule has 2 aliphatic rings. The van der Waals surface area contributed by atoms with Crippen LogP contribution in [0.15, 0.2) is 0 Å². The molecule has 2 rings (SSSR count). The Morgan fingerprint density at radius 2 is 2.11 bits per heavy atom. The third kappa shape index (κ3) is 3.79. The van der Waals surface area contributed by atoms with Crippen LogP contribution < -0.4 is 5.73 Å². The summed E-state index contributed by atoms with van der Waals surface area (Å²) < 4.78 is 0. The van der Waals surface area contributed by atoms with E-state index in [1.807, 2.05) is 6.92 Å². The molecule has 2 fully saturated rings. The maximum atomic E-state index is 12.7. The Morgan fingerprint density at radius 1 is 1.42 bits per heavy atom. The van der Waals surface area contributed by atoms with E-state index < -0.39 is 5.54 Å². The van der Waals surface area contributed by atoms with Gasteiger partial charge < -0.3 is 10.6 Å². The summed E-state index contributed by atoms with van der Waals surface area (Å²) in [5.41, 5.74) is 5.56. The third-order valence-electron chi connectivity index (χ3n) is 4.25. The van der Waals surface area contributed by atoms with Crippen molar-refractivity contribution in [1.82, 2.24) is 4.90 Å². The van der Waals surface area contributed by atoms with Crippen molar-refractivity contribution in [2.45, 2.75) is 69.2 Å². The number of rotatable bonds is 3. The molecule has 3 nitrogen and oxygen atoms in total. The maximum absolute atomic E-state index is 12.7. The lowest BCUT2D eigenvalue weighted by Crippen LogP contribution is -2.60. The van der Waals surface area contributed by atoms with Gasteiger partial charge >= 0.3 is 0 Å². The fraction of sp³-hybridized carbons (Fsp3) is 0.929. The lowest BCUT2D eigenvalue weighted by molar-refractivity contribution is -0.139. The Kier molecular flexibility index (Phi) is 6.48. The highest BCUT2D eigenvalue weighted by Crippen LogP contribution is 2.36. The van der Waals surface area contributed by atoms with Gasteiger partial charge in [-0.1, -0.05) is 26.2 Å². The second-order valence-electron chi connectivity index (χ2n) is 5.93. The normalized spacial score (nSPS) is 29.9. The van der Waals surface area contributed by atoms with E-state index in [0.29, 0.717) is 11.3 Å². The van der Waals surface area contributed by atoms with Crippen LogP contribution in [0.5, 0.6) is 0 Å². The van der Waals surface area contributed by atoms with Crippen LogP contribution in [-0.2, 0) is 4.79 Å². The van der Waals surface area contributed by atoms with Crippen LogP contribution in [0.4, 0.5) is 0 Å². The van der Waals surface area contributed by atoms with Crippen LogP contribution in [0.25, 0.3) is 0 Å². The SMILES string of the molecule is CCCC(C)(N)C(=O)N1CCSC2CCCCC21.Cl. The largest absolute Gasteiger partial charge is 0.336 e. The number of carbonyl (C=O) groups is 1. The van der Waals surface area contributed by atoms with Gasteiger partial charge in [-0.2, -0.15) is 11.8 Å². The number of hydrogen-bond donors (Lipinski definition) is 1. The number of halogens is 1. The van der Waals surface area contributed by atoms with E-state index in [-0.39, 0.29) is 18.3 Å². The molecular formula is C14H27ClN2OS. The van der Waals surface area contributed by atoms with Gasteiger partial charge in [0.15, 0.2) is 0 Å². The van der Waals surface area contributed by atoms with Gasteiger partial charge in [0.2, 0.25) is 5.91 Å². The molecule has 0 spiro atoms. The van der Waals surface area contributed by atoms with Gasteiger partial charge in [-0.15, -0.1) is 12.4 Å². The summed E-state index contributed by atoms with van der Waals surface area (Å²) in [7, 11) is 0. The molecule has 0 aromatic carbocycles. The van der Waals surface area contributed by atoms with Crippen molar-refractivity contribution in [2.75, 3.05) is 12.3 Å². The summed E-state index contributed by atoms with van der Waals surface area (Å²) in [6, 6.07) is 0.449. The summed E-state index contributed by atoms with van der Waals surface area (Å²) in [5, 5.41) is 0.661. The van der Waals surface area contributed by atoms with Crippen LogP contribution in [0.2, 0.25) is 0 Å². The molecule has 1 aliphatic heterocycles. The van der Waals surface area contributed by atoms with E-state index in [1.54, 1.807) is 0 Å². The third-order valence-corrected chi connectivity index (χ3v) is 5.65. The molecule has 1 saturated heterocycles. The Morgan fingerprint density at radius 3 is 2.79 bits per heavy atom. The minimum absolute atomic E-state index is 0. The quantitative estimate of drug-likeness (QED) is 0.872. The van der Waals surface area contributed by atoms with E-state index in [2.05, 4.69) is 23.6 Å². The zero-order chi connectivity index (χ0) is 13.2. The number of fused-ring (bicyclic) bond motifs is 1. The van der Waals surface area contributed by atoms with Crippen molar-refractivity contribution < 1.29 is 4.79 Å². The molecule has 0 bridgehead atoms. The van der Waals surface area contributed by atoms with Crippen LogP contribution in [0.1, 0.15) is 52.4 Å². The van der Waals surface area contributed by atoms with Crippen molar-refractivity contribution in [3.05, 3.63) is 0 Å². The summed E-state index contributed by atoms with van der Waals surface area (Å²) in [6.07, 6.45) is 6.79. The number of hydrogen-bond acceptors (Lipinski definition) is 3. The molecule has 1 heterocycles. The number of nitrogens with zero attached hydrogens (tertiary/aromatic N) is 1. The zero-order valence-corrected chi connectivity index (χ0v) is 13.7. The molecule has 0 radical (unpaired) electrons. The molecule has 2 N–H and O–H groups in total. The van der Waals surface area contributed by atoms with Gasteiger partial charge in [0.25, 0.3) is 0 Å². The average molecular weight is 307 g/mol. The molecular weight excluding hydrogens is 280 g/mol. The van der Waals surface area contributed by atoms with Crippen molar-refractivity contribution >= 4 is 30.1 Å². The van der Waals surface area contributed by atoms with E-state index >= 15 is 0 Å². The summed E-state index contributed by atoms with van der Waals surface area (Å²) in [5.74, 6) is 1.26. The molecule has 3 atom stereocenters. The standard InChI is InChI=1S/C14H26N2OS.ClH/c1-3-8-14(2,15)13(17)16-9-10-18-12-7-5-4-6-11(12)16;/h11-12H,3-10,15H2,1-2H3;1H. The molecule has 0 aromatic heterocycles. The first-order chi connectivity index (χ1) is 8.56. The van der Waals surface area contributed by atoms with Crippen LogP contribution >= 0.6 is 24.2 Å². The van der Waals surface area contributed by atoms with E-state index in [4.69, 9.17) is 5.73 Å². The highest BCUT2D eigenvalue weighted by atomic mass is 35.5. The first-order valence-electron chi connectivity index (χ1n) is 7.28. The highest BCUT2D eigenvalue weighted by Gasteiger charge is 2.41. The monoisotopic (exact) mass is 306 g/mol. The smallest absolute Gasteiger partial charge is 0.242 e. The van der Waals surface area contributed by atoms with E-state index in [0.717, 1.165) is 25.1 Å². The topological polar surface area (TPSA) is 46.3 Å². The number of carbonyl (C=O) groups excluding carboxylic acids is 1. The predicted molar refractivity (Wildman–Crippen MR) is 85.0 cm³/mol. The molecule has 1 amide bonds. The Balaban J connectivity index is 0.00000180. The van der Waals surface area contributed by atoms with Gasteiger partial charge in [0, 0.05) is 23.6 Å². The lowest BCUT2D eigenvalue weighted by Gasteiger charge is -2.46. The number of thioether (sulfide) groups is 1. The highest BCUT2D eigenvalue weighted by molar-refractivity contribution is 8.00. The first kappa shape index (κ1) is 17.1. The van der Waals surface area contributed by atoms with Crippen molar-refractivity contribution in [2.24, 2.45) is 5.73 Å². The fourth-order valence-electron chi connectivity index (χ4n) is 3.30. The van der Waals surface area contributed by atoms with Gasteiger partial charge in [0.1, 0.15) is 0 Å². The van der Waals surface area contributed by atoms with Crippen molar-refractivity contribution in [3.63, 3.8) is 0 Å². The first-order valence-corrected chi connectivity index (χ1v) is 8.32. The van der Waals surface area contributed by atoms with Crippen molar-refractivity contribution in [1.29, 1.82) is 0 Å². The Bertz CT molecular complexity index is 310. The fourth-order valence-corrected chi connectivity index (χ4v) is 4.75. The van der Waals surface area contributed by atoms with Gasteiger partial charge in [-0.25, -0.2) is 0 Å². The van der Waals surface area contributed by atoms with Crippen LogP contribution in [0, 0.1) is 0 Å². The van der Waals surface area contributed by atoms with E-state index in [1.165, 1.54) is 25.7 Å².